The number of rotatable bonds is 7. The van der Waals surface area contributed by atoms with Gasteiger partial charge in [0.2, 0.25) is 5.88 Å². The summed E-state index contributed by atoms with van der Waals surface area (Å²) in [6, 6.07) is 9.56. The number of nitrogens with one attached hydrogen (secondary N) is 1. The zero-order valence-electron chi connectivity index (χ0n) is 26.4. The van der Waals surface area contributed by atoms with Gasteiger partial charge < -0.3 is 25.0 Å². The Morgan fingerprint density at radius 2 is 2.11 bits per heavy atom. The van der Waals surface area contributed by atoms with Crippen LogP contribution in [0.15, 0.2) is 35.0 Å². The number of benzene rings is 1. The molecular weight excluding hydrogens is 586 g/mol. The van der Waals surface area contributed by atoms with E-state index in [4.69, 9.17) is 29.7 Å². The molecule has 13 heteroatoms. The number of carbonyl (C=O) groups excluding carboxylic acids is 1. The van der Waals surface area contributed by atoms with Gasteiger partial charge in [0.1, 0.15) is 12.2 Å². The number of amides is 1. The number of aryl methyl sites for hydroxylation is 1. The second-order valence-corrected chi connectivity index (χ2v) is 12.4. The van der Waals surface area contributed by atoms with Gasteiger partial charge in [-0.1, -0.05) is 11.2 Å². The maximum absolute atomic E-state index is 12.3. The first kappa shape index (κ1) is 29.9. The number of nitrogens with two attached hydrogens (primary N) is 1. The largest absolute Gasteiger partial charge is 0.473 e. The molecule has 0 saturated carbocycles. The SMILES string of the molecule is CNC(=O)c1ccn(-c2cc(O[C@@H](C)[C@@H]3[C@@H](OC)CCN3C)nc(-c3noc4c3CCC[C@@]43CCc4ccc(N)c(C#N)c43)n2)n1. The van der Waals surface area contributed by atoms with Gasteiger partial charge in [-0.25, -0.2) is 9.67 Å². The summed E-state index contributed by atoms with van der Waals surface area (Å²) in [5.74, 6) is 1.52. The third-order valence-electron chi connectivity index (χ3n) is 9.92. The van der Waals surface area contributed by atoms with Crippen LogP contribution in [0, 0.1) is 11.3 Å². The van der Waals surface area contributed by atoms with Crippen molar-refractivity contribution in [3.05, 3.63) is 64.2 Å². The third kappa shape index (κ3) is 4.71. The van der Waals surface area contributed by atoms with Gasteiger partial charge in [-0.05, 0) is 75.8 Å². The fraction of sp³-hybridized carbons (Fsp3) is 0.455. The Morgan fingerprint density at radius 3 is 2.89 bits per heavy atom. The van der Waals surface area contributed by atoms with Crippen molar-refractivity contribution in [3.8, 4) is 29.3 Å². The molecule has 4 aromatic rings. The topological polar surface area (TPSA) is 170 Å². The number of nitrogens with zero attached hydrogens (tertiary/aromatic N) is 7. The van der Waals surface area contributed by atoms with E-state index in [0.29, 0.717) is 34.5 Å². The van der Waals surface area contributed by atoms with Gasteiger partial charge >= 0.3 is 0 Å². The van der Waals surface area contributed by atoms with Crippen molar-refractivity contribution < 1.29 is 18.8 Å². The number of hydrogen-bond acceptors (Lipinski definition) is 11. The molecule has 13 nitrogen and oxygen atoms in total. The maximum atomic E-state index is 12.3. The molecular formula is C33H37N9O4. The van der Waals surface area contributed by atoms with Crippen molar-refractivity contribution in [2.24, 2.45) is 0 Å². The van der Waals surface area contributed by atoms with E-state index in [1.54, 1.807) is 32.5 Å². The second-order valence-electron chi connectivity index (χ2n) is 12.4. The van der Waals surface area contributed by atoms with E-state index < -0.39 is 5.41 Å². The molecule has 0 radical (unpaired) electrons. The zero-order valence-corrected chi connectivity index (χ0v) is 26.4. The molecule has 3 aliphatic rings. The molecule has 2 aliphatic carbocycles. The van der Waals surface area contributed by atoms with Crippen molar-refractivity contribution >= 4 is 11.6 Å². The lowest BCUT2D eigenvalue weighted by molar-refractivity contribution is 0.0174. The molecule has 238 valence electrons. The van der Waals surface area contributed by atoms with Crippen LogP contribution in [0.1, 0.15) is 71.1 Å². The molecule has 1 amide bonds. The smallest absolute Gasteiger partial charge is 0.271 e. The van der Waals surface area contributed by atoms with Gasteiger partial charge in [0, 0.05) is 44.2 Å². The van der Waals surface area contributed by atoms with Crippen molar-refractivity contribution in [1.29, 1.82) is 5.26 Å². The van der Waals surface area contributed by atoms with Crippen LogP contribution in [0.2, 0.25) is 0 Å². The Bertz CT molecular complexity index is 1860. The highest BCUT2D eigenvalue weighted by Gasteiger charge is 2.49. The number of fused-ring (bicyclic) bond motifs is 4. The quantitative estimate of drug-likeness (QED) is 0.290. The fourth-order valence-corrected chi connectivity index (χ4v) is 7.77. The molecule has 3 aromatic heterocycles. The number of likely N-dealkylation sites (N-methyl/N-ethyl adjacent to an activating group) is 1. The normalized spacial score (nSPS) is 22.8. The molecule has 1 aliphatic heterocycles. The Kier molecular flexibility index (Phi) is 7.49. The lowest BCUT2D eigenvalue weighted by Gasteiger charge is -2.33. The highest BCUT2D eigenvalue weighted by molar-refractivity contribution is 5.91. The fourth-order valence-electron chi connectivity index (χ4n) is 7.77. The van der Waals surface area contributed by atoms with E-state index >= 15 is 0 Å². The predicted octanol–water partition coefficient (Wildman–Crippen LogP) is 3.19. The molecule has 46 heavy (non-hydrogen) atoms. The monoisotopic (exact) mass is 623 g/mol. The number of nitriles is 1. The molecule has 0 bridgehead atoms. The summed E-state index contributed by atoms with van der Waals surface area (Å²) >= 11 is 0. The highest BCUT2D eigenvalue weighted by atomic mass is 16.5. The third-order valence-corrected chi connectivity index (χ3v) is 9.92. The standard InChI is InChI=1S/C33H37N9O4/c1-18(29-24(44-4)11-14-41(29)3)45-26-16-25(42-15-10-23(39-42)32(43)36-2)37-31(38-26)28-20-6-5-12-33(30(20)46-40-28)13-9-19-7-8-22(35)21(17-34)27(19)33/h7-8,10,15-16,18,24,29H,5-6,9,11-14,35H2,1-4H3,(H,36,43)/t18-,24-,29+,33-/m0/s1. The first-order chi connectivity index (χ1) is 22.3. The average molecular weight is 624 g/mol. The van der Waals surface area contributed by atoms with E-state index in [1.165, 1.54) is 4.68 Å². The molecule has 7 rings (SSSR count). The van der Waals surface area contributed by atoms with E-state index in [-0.39, 0.29) is 29.9 Å². The highest BCUT2D eigenvalue weighted by Crippen LogP contribution is 2.54. The molecule has 1 spiro atoms. The van der Waals surface area contributed by atoms with E-state index in [9.17, 15) is 10.1 Å². The van der Waals surface area contributed by atoms with E-state index in [2.05, 4.69) is 33.6 Å². The first-order valence-corrected chi connectivity index (χ1v) is 15.7. The summed E-state index contributed by atoms with van der Waals surface area (Å²) in [5.41, 5.74) is 10.6. The molecule has 1 fully saturated rings. The van der Waals surface area contributed by atoms with Crippen molar-refractivity contribution in [2.45, 2.75) is 69.1 Å². The van der Waals surface area contributed by atoms with Crippen LogP contribution in [0.5, 0.6) is 5.88 Å². The minimum absolute atomic E-state index is 0.0280. The van der Waals surface area contributed by atoms with Gasteiger partial charge in [-0.15, -0.1) is 0 Å². The Hall–Kier alpha value is -4.80. The number of aromatic nitrogens is 5. The summed E-state index contributed by atoms with van der Waals surface area (Å²) in [7, 11) is 5.35. The number of nitrogen functional groups attached to an aromatic ring is 1. The average Bonchev–Trinajstić information content (AvgIpc) is 3.87. The minimum Gasteiger partial charge on any atom is -0.473 e. The molecule has 1 saturated heterocycles. The van der Waals surface area contributed by atoms with Crippen LogP contribution >= 0.6 is 0 Å². The van der Waals surface area contributed by atoms with Crippen LogP contribution in [0.25, 0.3) is 17.3 Å². The lowest BCUT2D eigenvalue weighted by atomic mass is 9.68. The van der Waals surface area contributed by atoms with Gasteiger partial charge in [0.05, 0.1) is 23.1 Å². The van der Waals surface area contributed by atoms with Crippen molar-refractivity contribution in [2.75, 3.05) is 33.5 Å². The van der Waals surface area contributed by atoms with Gasteiger partial charge in [0.15, 0.2) is 28.8 Å². The number of anilines is 1. The van der Waals surface area contributed by atoms with Crippen molar-refractivity contribution in [1.82, 2.24) is 35.1 Å². The predicted molar refractivity (Wildman–Crippen MR) is 168 cm³/mol. The van der Waals surface area contributed by atoms with Gasteiger partial charge in [-0.2, -0.15) is 15.3 Å². The zero-order chi connectivity index (χ0) is 32.2. The van der Waals surface area contributed by atoms with Crippen molar-refractivity contribution in [3.63, 3.8) is 0 Å². The summed E-state index contributed by atoms with van der Waals surface area (Å²) in [6.07, 6.45) is 6.42. The molecule has 0 unspecified atom stereocenters. The van der Waals surface area contributed by atoms with Gasteiger partial charge in [-0.3, -0.25) is 9.69 Å². The Morgan fingerprint density at radius 1 is 1.26 bits per heavy atom. The molecule has 1 aromatic carbocycles. The minimum atomic E-state index is -0.493. The number of methoxy groups -OCH3 is 1. The molecule has 3 N–H and O–H groups in total. The van der Waals surface area contributed by atoms with E-state index in [0.717, 1.165) is 67.5 Å². The van der Waals surface area contributed by atoms with Crippen LogP contribution in [-0.2, 0) is 23.0 Å². The number of ether oxygens (including phenoxy) is 2. The molecule has 4 heterocycles. The first-order valence-electron chi connectivity index (χ1n) is 15.7. The van der Waals surface area contributed by atoms with E-state index in [1.807, 2.05) is 19.1 Å². The number of likely N-dealkylation sites (tertiary alicyclic amines) is 1. The van der Waals surface area contributed by atoms with Crippen LogP contribution in [-0.4, -0.2) is 81.7 Å². The van der Waals surface area contributed by atoms with Crippen LogP contribution in [0.3, 0.4) is 0 Å². The van der Waals surface area contributed by atoms with Crippen LogP contribution < -0.4 is 15.8 Å². The summed E-state index contributed by atoms with van der Waals surface area (Å²) in [4.78, 5) is 24.2. The maximum Gasteiger partial charge on any atom is 0.271 e. The number of hydrogen-bond donors (Lipinski definition) is 2. The molecule has 4 atom stereocenters. The summed E-state index contributed by atoms with van der Waals surface area (Å²) in [5, 5.41) is 21.7. The Labute approximate surface area is 266 Å². The van der Waals surface area contributed by atoms with Gasteiger partial charge in [0.25, 0.3) is 5.91 Å². The summed E-state index contributed by atoms with van der Waals surface area (Å²) < 4.78 is 20.0. The lowest BCUT2D eigenvalue weighted by Crippen LogP contribution is -2.44. The second kappa shape index (κ2) is 11.5. The van der Waals surface area contributed by atoms with Crippen LogP contribution in [0.4, 0.5) is 5.69 Å². The summed E-state index contributed by atoms with van der Waals surface area (Å²) in [6.45, 7) is 2.91. The Balaban J connectivity index is 1.33. The number of carbonyl (C=O) groups is 1.